The number of methoxy groups -OCH3 is 1. The molecule has 6 nitrogen and oxygen atoms in total. The van der Waals surface area contributed by atoms with E-state index in [1.165, 1.54) is 7.11 Å². The summed E-state index contributed by atoms with van der Waals surface area (Å²) >= 11 is 0. The normalized spacial score (nSPS) is 16.2. The zero-order chi connectivity index (χ0) is 17.4. The van der Waals surface area contributed by atoms with Gasteiger partial charge in [0.1, 0.15) is 12.1 Å². The summed E-state index contributed by atoms with van der Waals surface area (Å²) < 4.78 is 6.95. The highest BCUT2D eigenvalue weighted by atomic mass is 16.5. The van der Waals surface area contributed by atoms with Crippen LogP contribution in [0.15, 0.2) is 54.9 Å². The van der Waals surface area contributed by atoms with Gasteiger partial charge >= 0.3 is 0 Å². The van der Waals surface area contributed by atoms with E-state index >= 15 is 0 Å². The van der Waals surface area contributed by atoms with Crippen molar-refractivity contribution in [3.63, 3.8) is 0 Å². The summed E-state index contributed by atoms with van der Waals surface area (Å²) in [4.78, 5) is 16.8. The topological polar surface area (TPSA) is 76.4 Å². The number of hydrogen-bond donors (Lipinski definition) is 2. The van der Waals surface area contributed by atoms with Crippen LogP contribution >= 0.6 is 0 Å². The Hall–Kier alpha value is -3.28. The molecule has 2 aromatic carbocycles. The number of benzene rings is 2. The number of aromatic nitrogens is 2. The van der Waals surface area contributed by atoms with Crippen molar-refractivity contribution in [1.82, 2.24) is 9.55 Å². The van der Waals surface area contributed by atoms with E-state index in [0.29, 0.717) is 11.6 Å². The van der Waals surface area contributed by atoms with Crippen LogP contribution in [0.1, 0.15) is 23.6 Å². The molecule has 25 heavy (non-hydrogen) atoms. The number of anilines is 1. The highest BCUT2D eigenvalue weighted by Gasteiger charge is 2.31. The minimum atomic E-state index is -0.217. The molecular formula is C19H17N3O3. The van der Waals surface area contributed by atoms with Crippen molar-refractivity contribution in [1.29, 1.82) is 0 Å². The van der Waals surface area contributed by atoms with Gasteiger partial charge in [-0.25, -0.2) is 4.98 Å². The van der Waals surface area contributed by atoms with Gasteiger partial charge < -0.3 is 15.2 Å². The summed E-state index contributed by atoms with van der Waals surface area (Å²) in [7, 11) is 1.50. The number of fused-ring (bicyclic) bond motifs is 1. The molecule has 1 aliphatic heterocycles. The average Bonchev–Trinajstić information content (AvgIpc) is 3.05. The first kappa shape index (κ1) is 15.3. The highest BCUT2D eigenvalue weighted by molar-refractivity contribution is 5.94. The Kier molecular flexibility index (Phi) is 3.65. The highest BCUT2D eigenvalue weighted by Crippen LogP contribution is 2.39. The van der Waals surface area contributed by atoms with Gasteiger partial charge in [0.15, 0.2) is 11.5 Å². The Morgan fingerprint density at radius 3 is 2.76 bits per heavy atom. The number of nitrogens with zero attached hydrogens (tertiary/aromatic N) is 2. The van der Waals surface area contributed by atoms with Gasteiger partial charge in [-0.05, 0) is 29.8 Å². The molecule has 6 heteroatoms. The van der Waals surface area contributed by atoms with Crippen LogP contribution in [0.5, 0.6) is 11.5 Å². The lowest BCUT2D eigenvalue weighted by molar-refractivity contribution is -0.116. The monoisotopic (exact) mass is 335 g/mol. The van der Waals surface area contributed by atoms with Crippen LogP contribution in [-0.2, 0) is 4.79 Å². The van der Waals surface area contributed by atoms with Gasteiger partial charge in [0.25, 0.3) is 0 Å². The molecule has 0 bridgehead atoms. The van der Waals surface area contributed by atoms with Crippen molar-refractivity contribution in [3.8, 4) is 17.2 Å². The predicted octanol–water partition coefficient (Wildman–Crippen LogP) is 3.06. The van der Waals surface area contributed by atoms with E-state index in [4.69, 9.17) is 4.74 Å². The zero-order valence-electron chi connectivity index (χ0n) is 13.6. The lowest BCUT2D eigenvalue weighted by atomic mass is 9.89. The Bertz CT molecular complexity index is 934. The minimum absolute atomic E-state index is 0.0509. The fraction of sp³-hybridized carbons (Fsp3) is 0.158. The summed E-state index contributed by atoms with van der Waals surface area (Å²) in [5.74, 6) is 0.827. The van der Waals surface area contributed by atoms with Gasteiger partial charge in [-0.1, -0.05) is 24.3 Å². The lowest BCUT2D eigenvalue weighted by Gasteiger charge is -2.23. The molecule has 0 spiro atoms. The minimum Gasteiger partial charge on any atom is -0.504 e. The summed E-state index contributed by atoms with van der Waals surface area (Å²) in [6.07, 6.45) is 1.99. The smallest absolute Gasteiger partial charge is 0.226 e. The number of carbonyl (C=O) groups is 1. The zero-order valence-corrected chi connectivity index (χ0v) is 13.6. The number of rotatable bonds is 3. The van der Waals surface area contributed by atoms with Crippen molar-refractivity contribution >= 4 is 11.7 Å². The molecule has 0 radical (unpaired) electrons. The van der Waals surface area contributed by atoms with Gasteiger partial charge in [0.2, 0.25) is 5.91 Å². The number of imidazole rings is 1. The lowest BCUT2D eigenvalue weighted by Crippen LogP contribution is -2.24. The van der Waals surface area contributed by atoms with Gasteiger partial charge in [-0.2, -0.15) is 0 Å². The maximum absolute atomic E-state index is 12.3. The predicted molar refractivity (Wildman–Crippen MR) is 93.3 cm³/mol. The summed E-state index contributed by atoms with van der Waals surface area (Å²) in [6.45, 7) is 0. The number of para-hydroxylation sites is 1. The number of ether oxygens (including phenoxy) is 1. The molecule has 0 unspecified atom stereocenters. The number of aromatic hydroxyl groups is 1. The third-order valence-electron chi connectivity index (χ3n) is 4.41. The van der Waals surface area contributed by atoms with E-state index in [1.807, 2.05) is 41.0 Å². The van der Waals surface area contributed by atoms with Crippen LogP contribution in [0.3, 0.4) is 0 Å². The molecule has 2 N–H and O–H groups in total. The van der Waals surface area contributed by atoms with Crippen molar-refractivity contribution in [3.05, 3.63) is 66.1 Å². The molecule has 1 amide bonds. The third-order valence-corrected chi connectivity index (χ3v) is 4.41. The molecule has 1 atom stereocenters. The van der Waals surface area contributed by atoms with Crippen LogP contribution in [0.25, 0.3) is 5.69 Å². The molecule has 1 aromatic heterocycles. The maximum Gasteiger partial charge on any atom is 0.226 e. The summed E-state index contributed by atoms with van der Waals surface area (Å²) in [6, 6.07) is 14.9. The molecule has 126 valence electrons. The van der Waals surface area contributed by atoms with Crippen molar-refractivity contribution in [2.24, 2.45) is 0 Å². The van der Waals surface area contributed by atoms with Crippen LogP contribution in [0.2, 0.25) is 0 Å². The molecule has 4 rings (SSSR count). The fourth-order valence-corrected chi connectivity index (χ4v) is 3.19. The quantitative estimate of drug-likeness (QED) is 0.771. The molecule has 2 heterocycles. The van der Waals surface area contributed by atoms with E-state index in [9.17, 15) is 9.90 Å². The summed E-state index contributed by atoms with van der Waals surface area (Å²) in [5, 5.41) is 13.0. The van der Waals surface area contributed by atoms with Crippen LogP contribution < -0.4 is 10.1 Å². The molecule has 3 aromatic rings. The standard InChI is InChI=1S/C19H17N3O3/c1-25-16-8-7-12(9-15(16)23)14-10-17(24)21-19-18(14)20-11-22(19)13-5-3-2-4-6-13/h2-9,11,14,23H,10H2,1H3,(H,21,24)/t14-/m1/s1. The molecule has 0 saturated heterocycles. The molecular weight excluding hydrogens is 318 g/mol. The first-order chi connectivity index (χ1) is 12.2. The average molecular weight is 335 g/mol. The van der Waals surface area contributed by atoms with Crippen molar-refractivity contribution < 1.29 is 14.6 Å². The van der Waals surface area contributed by atoms with Gasteiger partial charge in [0.05, 0.1) is 12.8 Å². The Labute approximate surface area is 144 Å². The van der Waals surface area contributed by atoms with Crippen LogP contribution in [0, 0.1) is 0 Å². The molecule has 1 aliphatic rings. The van der Waals surface area contributed by atoms with Crippen molar-refractivity contribution in [2.45, 2.75) is 12.3 Å². The first-order valence-corrected chi connectivity index (χ1v) is 7.97. The second-order valence-corrected chi connectivity index (χ2v) is 5.92. The third kappa shape index (κ3) is 2.61. The Morgan fingerprint density at radius 2 is 2.04 bits per heavy atom. The SMILES string of the molecule is COc1ccc([C@H]2CC(=O)Nc3c2ncn3-c2ccccc2)cc1O. The Morgan fingerprint density at radius 1 is 1.24 bits per heavy atom. The molecule has 0 saturated carbocycles. The molecule has 0 fully saturated rings. The Balaban J connectivity index is 1.80. The first-order valence-electron chi connectivity index (χ1n) is 7.97. The number of amides is 1. The molecule has 0 aliphatic carbocycles. The maximum atomic E-state index is 12.3. The number of phenolic OH excluding ortho intramolecular Hbond substituents is 1. The van der Waals surface area contributed by atoms with Gasteiger partial charge in [-0.3, -0.25) is 9.36 Å². The number of nitrogens with one attached hydrogen (secondary N) is 1. The van der Waals surface area contributed by atoms with E-state index in [0.717, 1.165) is 16.9 Å². The number of hydrogen-bond acceptors (Lipinski definition) is 4. The van der Waals surface area contributed by atoms with E-state index in [2.05, 4.69) is 10.3 Å². The largest absolute Gasteiger partial charge is 0.504 e. The van der Waals surface area contributed by atoms with Gasteiger partial charge in [0, 0.05) is 18.0 Å². The van der Waals surface area contributed by atoms with Crippen molar-refractivity contribution in [2.75, 3.05) is 12.4 Å². The second kappa shape index (κ2) is 5.98. The van der Waals surface area contributed by atoms with Crippen LogP contribution in [0.4, 0.5) is 5.82 Å². The van der Waals surface area contributed by atoms with Gasteiger partial charge in [-0.15, -0.1) is 0 Å². The van der Waals surface area contributed by atoms with E-state index in [-0.39, 0.29) is 24.0 Å². The summed E-state index contributed by atoms with van der Waals surface area (Å²) in [5.41, 5.74) is 2.54. The van der Waals surface area contributed by atoms with E-state index in [1.54, 1.807) is 18.5 Å². The van der Waals surface area contributed by atoms with E-state index < -0.39 is 0 Å². The second-order valence-electron chi connectivity index (χ2n) is 5.92. The fourth-order valence-electron chi connectivity index (χ4n) is 3.19. The number of carbonyl (C=O) groups excluding carboxylic acids is 1. The number of phenols is 1. The van der Waals surface area contributed by atoms with Crippen LogP contribution in [-0.4, -0.2) is 27.7 Å².